The van der Waals surface area contributed by atoms with Crippen molar-refractivity contribution in [2.24, 2.45) is 11.8 Å². The van der Waals surface area contributed by atoms with Gasteiger partial charge in [-0.3, -0.25) is 0 Å². The summed E-state index contributed by atoms with van der Waals surface area (Å²) in [5, 5.41) is 12.9. The molecule has 2 N–H and O–H groups in total. The van der Waals surface area contributed by atoms with Gasteiger partial charge in [0.25, 0.3) is 0 Å². The molecule has 0 saturated heterocycles. The highest BCUT2D eigenvalue weighted by molar-refractivity contribution is 6.31. The molecule has 1 fully saturated rings. The van der Waals surface area contributed by atoms with E-state index in [2.05, 4.69) is 29.4 Å². The minimum Gasteiger partial charge on any atom is -0.398 e. The largest absolute Gasteiger partial charge is 0.398 e. The molecule has 1 aliphatic rings. The van der Waals surface area contributed by atoms with Crippen molar-refractivity contribution in [1.82, 2.24) is 20.2 Å². The summed E-state index contributed by atoms with van der Waals surface area (Å²) in [6, 6.07) is 5.73. The lowest BCUT2D eigenvalue weighted by Crippen LogP contribution is -2.24. The molecule has 1 heterocycles. The summed E-state index contributed by atoms with van der Waals surface area (Å²) in [6.07, 6.45) is 3.40. The van der Waals surface area contributed by atoms with Crippen LogP contribution in [0.5, 0.6) is 0 Å². The van der Waals surface area contributed by atoms with Gasteiger partial charge >= 0.3 is 0 Å². The predicted molar refractivity (Wildman–Crippen MR) is 83.9 cm³/mol. The molecule has 1 aliphatic carbocycles. The lowest BCUT2D eigenvalue weighted by Gasteiger charge is -2.32. The van der Waals surface area contributed by atoms with E-state index in [0.29, 0.717) is 28.5 Å². The lowest BCUT2D eigenvalue weighted by atomic mass is 9.79. The van der Waals surface area contributed by atoms with Gasteiger partial charge in [-0.1, -0.05) is 25.4 Å². The molecule has 3 unspecified atom stereocenters. The smallest absolute Gasteiger partial charge is 0.184 e. The number of benzene rings is 1. The van der Waals surface area contributed by atoms with Crippen LogP contribution in [0.15, 0.2) is 18.2 Å². The fourth-order valence-electron chi connectivity index (χ4n) is 3.08. The van der Waals surface area contributed by atoms with Crippen molar-refractivity contribution in [1.29, 1.82) is 0 Å². The Morgan fingerprint density at radius 1 is 1.24 bits per heavy atom. The number of nitrogens with zero attached hydrogens (tertiary/aromatic N) is 4. The van der Waals surface area contributed by atoms with Gasteiger partial charge < -0.3 is 5.73 Å². The average molecular weight is 306 g/mol. The maximum absolute atomic E-state index is 6.08. The maximum atomic E-state index is 6.08. The molecule has 112 valence electrons. The molecule has 3 atom stereocenters. The lowest BCUT2D eigenvalue weighted by molar-refractivity contribution is 0.200. The Kier molecular flexibility index (Phi) is 3.85. The van der Waals surface area contributed by atoms with E-state index in [9.17, 15) is 0 Å². The molecular weight excluding hydrogens is 286 g/mol. The number of tetrazole rings is 1. The quantitative estimate of drug-likeness (QED) is 0.861. The minimum absolute atomic E-state index is 0.333. The van der Waals surface area contributed by atoms with Crippen molar-refractivity contribution in [3.05, 3.63) is 23.2 Å². The second-order valence-corrected chi connectivity index (χ2v) is 6.54. The second kappa shape index (κ2) is 5.64. The third-order valence-corrected chi connectivity index (χ3v) is 4.90. The number of aromatic nitrogens is 4. The van der Waals surface area contributed by atoms with Gasteiger partial charge in [0.05, 0.1) is 6.04 Å². The molecule has 6 heteroatoms. The van der Waals surface area contributed by atoms with E-state index in [1.807, 2.05) is 10.7 Å². The summed E-state index contributed by atoms with van der Waals surface area (Å²) < 4.78 is 1.92. The van der Waals surface area contributed by atoms with Crippen LogP contribution in [0, 0.1) is 11.8 Å². The standard InChI is InChI=1S/C15H20ClN5/c1-9-3-5-12(7-10(9)2)21-15(18-19-20-21)13-8-11(16)4-6-14(13)17/h4,6,8-10,12H,3,5,7,17H2,1-2H3. The predicted octanol–water partition coefficient (Wildman–Crippen LogP) is 3.57. The zero-order valence-corrected chi connectivity index (χ0v) is 13.1. The van der Waals surface area contributed by atoms with Crippen molar-refractivity contribution in [3.63, 3.8) is 0 Å². The van der Waals surface area contributed by atoms with Crippen LogP contribution in [0.1, 0.15) is 39.2 Å². The first-order chi connectivity index (χ1) is 10.1. The van der Waals surface area contributed by atoms with Gasteiger partial charge in [-0.05, 0) is 59.7 Å². The fraction of sp³-hybridized carbons (Fsp3) is 0.533. The zero-order valence-electron chi connectivity index (χ0n) is 12.3. The Morgan fingerprint density at radius 3 is 2.81 bits per heavy atom. The third-order valence-electron chi connectivity index (χ3n) is 4.67. The van der Waals surface area contributed by atoms with E-state index in [1.54, 1.807) is 12.1 Å². The number of halogens is 1. The van der Waals surface area contributed by atoms with E-state index in [1.165, 1.54) is 6.42 Å². The molecule has 3 rings (SSSR count). The Labute approximate surface area is 129 Å². The highest BCUT2D eigenvalue weighted by Gasteiger charge is 2.28. The van der Waals surface area contributed by atoms with E-state index in [-0.39, 0.29) is 0 Å². The van der Waals surface area contributed by atoms with Crippen LogP contribution in [-0.4, -0.2) is 20.2 Å². The average Bonchev–Trinajstić information content (AvgIpc) is 2.93. The van der Waals surface area contributed by atoms with Crippen molar-refractivity contribution in [3.8, 4) is 11.4 Å². The molecular formula is C15H20ClN5. The summed E-state index contributed by atoms with van der Waals surface area (Å²) in [5.74, 6) is 2.15. The Morgan fingerprint density at radius 2 is 2.05 bits per heavy atom. The van der Waals surface area contributed by atoms with Crippen LogP contribution in [0.25, 0.3) is 11.4 Å². The summed E-state index contributed by atoms with van der Waals surface area (Å²) in [4.78, 5) is 0. The van der Waals surface area contributed by atoms with Gasteiger partial charge in [0.1, 0.15) is 0 Å². The summed E-state index contributed by atoms with van der Waals surface area (Å²) in [5.41, 5.74) is 7.51. The molecule has 21 heavy (non-hydrogen) atoms. The SMILES string of the molecule is CC1CCC(n2nnnc2-c2cc(Cl)ccc2N)CC1C. The van der Waals surface area contributed by atoms with Gasteiger partial charge in [-0.15, -0.1) is 5.10 Å². The molecule has 0 bridgehead atoms. The number of rotatable bonds is 2. The number of nitrogen functional groups attached to an aromatic ring is 1. The van der Waals surface area contributed by atoms with E-state index in [4.69, 9.17) is 17.3 Å². The summed E-state index contributed by atoms with van der Waals surface area (Å²) in [7, 11) is 0. The van der Waals surface area contributed by atoms with Crippen LogP contribution in [0.4, 0.5) is 5.69 Å². The molecule has 0 amide bonds. The first-order valence-electron chi connectivity index (χ1n) is 7.39. The summed E-state index contributed by atoms with van der Waals surface area (Å²) in [6.45, 7) is 4.62. The normalized spacial score (nSPS) is 26.0. The van der Waals surface area contributed by atoms with Gasteiger partial charge in [-0.25, -0.2) is 4.68 Å². The summed E-state index contributed by atoms with van der Waals surface area (Å²) >= 11 is 6.08. The molecule has 0 radical (unpaired) electrons. The Balaban J connectivity index is 1.96. The first-order valence-corrected chi connectivity index (χ1v) is 7.77. The number of nitrogens with two attached hydrogens (primary N) is 1. The van der Waals surface area contributed by atoms with Crippen molar-refractivity contribution >= 4 is 17.3 Å². The van der Waals surface area contributed by atoms with Crippen molar-refractivity contribution in [2.45, 2.75) is 39.2 Å². The first kappa shape index (κ1) is 14.3. The van der Waals surface area contributed by atoms with Crippen LogP contribution >= 0.6 is 11.6 Å². The molecule has 1 aromatic heterocycles. The molecule has 2 aromatic rings. The highest BCUT2D eigenvalue weighted by Crippen LogP contribution is 2.38. The highest BCUT2D eigenvalue weighted by atomic mass is 35.5. The van der Waals surface area contributed by atoms with Gasteiger partial charge in [0.15, 0.2) is 5.82 Å². The van der Waals surface area contributed by atoms with Crippen LogP contribution in [0.3, 0.4) is 0 Å². The van der Waals surface area contributed by atoms with Crippen LogP contribution in [-0.2, 0) is 0 Å². The van der Waals surface area contributed by atoms with E-state index >= 15 is 0 Å². The van der Waals surface area contributed by atoms with Gasteiger partial charge in [-0.2, -0.15) is 0 Å². The molecule has 1 saturated carbocycles. The van der Waals surface area contributed by atoms with E-state index < -0.39 is 0 Å². The Hall–Kier alpha value is -1.62. The third kappa shape index (κ3) is 2.75. The molecule has 0 spiro atoms. The van der Waals surface area contributed by atoms with Gasteiger partial charge in [0, 0.05) is 16.3 Å². The fourth-order valence-corrected chi connectivity index (χ4v) is 3.25. The van der Waals surface area contributed by atoms with Crippen LogP contribution < -0.4 is 5.73 Å². The molecule has 1 aromatic carbocycles. The molecule has 5 nitrogen and oxygen atoms in total. The number of hydrogen-bond donors (Lipinski definition) is 1. The maximum Gasteiger partial charge on any atom is 0.184 e. The number of anilines is 1. The van der Waals surface area contributed by atoms with Crippen molar-refractivity contribution < 1.29 is 0 Å². The minimum atomic E-state index is 0.333. The zero-order chi connectivity index (χ0) is 15.0. The van der Waals surface area contributed by atoms with Crippen molar-refractivity contribution in [2.75, 3.05) is 5.73 Å². The molecule has 0 aliphatic heterocycles. The second-order valence-electron chi connectivity index (χ2n) is 6.10. The number of hydrogen-bond acceptors (Lipinski definition) is 4. The Bertz CT molecular complexity index is 639. The monoisotopic (exact) mass is 305 g/mol. The topological polar surface area (TPSA) is 69.6 Å². The van der Waals surface area contributed by atoms with Gasteiger partial charge in [0.2, 0.25) is 0 Å². The van der Waals surface area contributed by atoms with E-state index in [0.717, 1.165) is 24.3 Å². The van der Waals surface area contributed by atoms with Crippen LogP contribution in [0.2, 0.25) is 5.02 Å².